The van der Waals surface area contributed by atoms with Gasteiger partial charge in [-0.2, -0.15) is 5.10 Å². The maximum Gasteiger partial charge on any atom is 0.318 e. The molecule has 0 bridgehead atoms. The Morgan fingerprint density at radius 3 is 2.85 bits per heavy atom. The number of benzene rings is 1. The molecule has 1 aromatic carbocycles. The summed E-state index contributed by atoms with van der Waals surface area (Å²) in [5.74, 6) is 1.43. The van der Waals surface area contributed by atoms with Gasteiger partial charge in [0, 0.05) is 38.3 Å². The molecule has 1 aromatic heterocycles. The van der Waals surface area contributed by atoms with Gasteiger partial charge in [-0.05, 0) is 12.8 Å². The lowest BCUT2D eigenvalue weighted by molar-refractivity contribution is 0.0385. The topological polar surface area (TPSA) is 86.4 Å². The van der Waals surface area contributed by atoms with E-state index in [0.717, 1.165) is 63.6 Å². The molecule has 2 aliphatic heterocycles. The van der Waals surface area contributed by atoms with Gasteiger partial charge in [0.1, 0.15) is 5.82 Å². The summed E-state index contributed by atoms with van der Waals surface area (Å²) in [7, 11) is 0. The lowest BCUT2D eigenvalue weighted by Gasteiger charge is -2.27. The summed E-state index contributed by atoms with van der Waals surface area (Å²) < 4.78 is 5.35. The zero-order valence-electron chi connectivity index (χ0n) is 15.4. The minimum Gasteiger partial charge on any atom is -0.379 e. The fourth-order valence-corrected chi connectivity index (χ4v) is 3.68. The number of amides is 2. The van der Waals surface area contributed by atoms with E-state index < -0.39 is 0 Å². The number of carbonyl (C=O) groups excluding carboxylic acids is 1. The first kappa shape index (κ1) is 17.9. The fraction of sp³-hybridized carbons (Fsp3) is 0.526. The number of ether oxygens (including phenoxy) is 1. The van der Waals surface area contributed by atoms with E-state index in [1.165, 1.54) is 0 Å². The van der Waals surface area contributed by atoms with E-state index in [4.69, 9.17) is 4.74 Å². The third-order valence-corrected chi connectivity index (χ3v) is 5.17. The van der Waals surface area contributed by atoms with E-state index in [2.05, 4.69) is 25.4 Å². The quantitative estimate of drug-likeness (QED) is 0.836. The number of nitrogens with zero attached hydrogens (tertiary/aromatic N) is 4. The molecular formula is C19H26N6O2. The van der Waals surface area contributed by atoms with Crippen molar-refractivity contribution >= 4 is 6.03 Å². The molecule has 1 atom stereocenters. The number of hydrogen-bond donors (Lipinski definition) is 2. The number of aromatic amines is 1. The molecular weight excluding hydrogens is 344 g/mol. The molecule has 0 aliphatic carbocycles. The van der Waals surface area contributed by atoms with Gasteiger partial charge in [-0.25, -0.2) is 9.78 Å². The van der Waals surface area contributed by atoms with E-state index in [9.17, 15) is 4.79 Å². The Hall–Kier alpha value is -2.45. The normalized spacial score (nSPS) is 20.7. The van der Waals surface area contributed by atoms with Crippen LogP contribution in [0.25, 0.3) is 11.4 Å². The van der Waals surface area contributed by atoms with Gasteiger partial charge >= 0.3 is 6.03 Å². The summed E-state index contributed by atoms with van der Waals surface area (Å²) in [5.41, 5.74) is 0.972. The molecule has 2 fully saturated rings. The minimum absolute atomic E-state index is 0.0246. The van der Waals surface area contributed by atoms with Crippen LogP contribution in [-0.2, 0) is 4.74 Å². The number of rotatable bonds is 5. The number of H-pyrrole nitrogens is 1. The van der Waals surface area contributed by atoms with Crippen molar-refractivity contribution in [2.45, 2.75) is 18.9 Å². The summed E-state index contributed by atoms with van der Waals surface area (Å²) >= 11 is 0. The summed E-state index contributed by atoms with van der Waals surface area (Å²) in [6.45, 7) is 5.66. The molecule has 27 heavy (non-hydrogen) atoms. The van der Waals surface area contributed by atoms with Crippen LogP contribution in [0.5, 0.6) is 0 Å². The number of likely N-dealkylation sites (tertiary alicyclic amines) is 1. The third kappa shape index (κ3) is 4.28. The van der Waals surface area contributed by atoms with Crippen LogP contribution in [0.15, 0.2) is 30.3 Å². The van der Waals surface area contributed by atoms with Crippen LogP contribution in [0.1, 0.15) is 24.7 Å². The van der Waals surface area contributed by atoms with E-state index >= 15 is 0 Å². The van der Waals surface area contributed by atoms with E-state index in [1.807, 2.05) is 35.2 Å². The van der Waals surface area contributed by atoms with Crippen molar-refractivity contribution in [1.82, 2.24) is 30.3 Å². The van der Waals surface area contributed by atoms with E-state index in [1.54, 1.807) is 0 Å². The van der Waals surface area contributed by atoms with Crippen LogP contribution in [0, 0.1) is 0 Å². The van der Waals surface area contributed by atoms with Gasteiger partial charge in [0.15, 0.2) is 5.82 Å². The Balaban J connectivity index is 1.34. The third-order valence-electron chi connectivity index (χ3n) is 5.17. The van der Waals surface area contributed by atoms with Crippen molar-refractivity contribution in [1.29, 1.82) is 0 Å². The van der Waals surface area contributed by atoms with Crippen LogP contribution in [0.4, 0.5) is 4.79 Å². The van der Waals surface area contributed by atoms with Crippen molar-refractivity contribution in [3.8, 4) is 11.4 Å². The van der Waals surface area contributed by atoms with Gasteiger partial charge in [-0.15, -0.1) is 0 Å². The second-order valence-electron chi connectivity index (χ2n) is 6.95. The van der Waals surface area contributed by atoms with Gasteiger partial charge in [0.25, 0.3) is 0 Å². The molecule has 2 amide bonds. The van der Waals surface area contributed by atoms with Crippen molar-refractivity contribution in [3.05, 3.63) is 36.2 Å². The number of carbonyl (C=O) groups is 1. The second kappa shape index (κ2) is 8.49. The first-order valence-electron chi connectivity index (χ1n) is 9.63. The van der Waals surface area contributed by atoms with E-state index in [0.29, 0.717) is 12.4 Å². The monoisotopic (exact) mass is 370 g/mol. The van der Waals surface area contributed by atoms with Gasteiger partial charge < -0.3 is 15.0 Å². The number of urea groups is 1. The SMILES string of the molecule is O=C(NCCN1CCOCC1)N1CCC[C@@H]1c1nc(-c2ccccc2)n[nH]1. The van der Waals surface area contributed by atoms with Crippen LogP contribution in [0.3, 0.4) is 0 Å². The molecule has 3 heterocycles. The highest BCUT2D eigenvalue weighted by Crippen LogP contribution is 2.30. The van der Waals surface area contributed by atoms with Crippen LogP contribution in [0.2, 0.25) is 0 Å². The number of aromatic nitrogens is 3. The summed E-state index contributed by atoms with van der Waals surface area (Å²) in [5, 5.41) is 10.4. The predicted molar refractivity (Wildman–Crippen MR) is 101 cm³/mol. The summed E-state index contributed by atoms with van der Waals surface area (Å²) in [6, 6.07) is 9.80. The minimum atomic E-state index is -0.0432. The Morgan fingerprint density at radius 2 is 2.04 bits per heavy atom. The standard InChI is InChI=1S/C19H26N6O2/c26-19(20-8-10-24-11-13-27-14-12-24)25-9-4-7-16(25)18-21-17(22-23-18)15-5-2-1-3-6-15/h1-3,5-6,16H,4,7-14H2,(H,20,26)(H,21,22,23)/t16-/m1/s1. The van der Waals surface area contributed by atoms with Crippen molar-refractivity contribution in [2.24, 2.45) is 0 Å². The highest BCUT2D eigenvalue weighted by molar-refractivity contribution is 5.75. The lowest BCUT2D eigenvalue weighted by Crippen LogP contribution is -2.45. The average Bonchev–Trinajstić information content (AvgIpc) is 3.39. The molecule has 2 aromatic rings. The number of hydrogen-bond acceptors (Lipinski definition) is 5. The fourth-order valence-electron chi connectivity index (χ4n) is 3.68. The molecule has 0 radical (unpaired) electrons. The molecule has 8 nitrogen and oxygen atoms in total. The average molecular weight is 370 g/mol. The first-order valence-corrected chi connectivity index (χ1v) is 9.63. The zero-order valence-corrected chi connectivity index (χ0v) is 15.4. The van der Waals surface area contributed by atoms with Crippen LogP contribution in [-0.4, -0.2) is 76.9 Å². The Morgan fingerprint density at radius 1 is 1.22 bits per heavy atom. The summed E-state index contributed by atoms with van der Waals surface area (Å²) in [4.78, 5) is 21.5. The molecule has 2 N–H and O–H groups in total. The molecule has 2 aliphatic rings. The highest BCUT2D eigenvalue weighted by Gasteiger charge is 2.32. The smallest absolute Gasteiger partial charge is 0.318 e. The molecule has 2 saturated heterocycles. The van der Waals surface area contributed by atoms with Crippen LogP contribution < -0.4 is 5.32 Å². The van der Waals surface area contributed by atoms with Crippen molar-refractivity contribution in [3.63, 3.8) is 0 Å². The second-order valence-corrected chi connectivity index (χ2v) is 6.95. The number of morpholine rings is 1. The zero-order chi connectivity index (χ0) is 18.5. The maximum absolute atomic E-state index is 12.7. The van der Waals surface area contributed by atoms with Crippen molar-refractivity contribution in [2.75, 3.05) is 45.9 Å². The lowest BCUT2D eigenvalue weighted by atomic mass is 10.2. The molecule has 0 unspecified atom stereocenters. The van der Waals surface area contributed by atoms with Gasteiger partial charge in [-0.3, -0.25) is 10.00 Å². The molecule has 0 spiro atoms. The van der Waals surface area contributed by atoms with Gasteiger partial charge in [0.05, 0.1) is 19.3 Å². The highest BCUT2D eigenvalue weighted by atomic mass is 16.5. The predicted octanol–water partition coefficient (Wildman–Crippen LogP) is 1.65. The summed E-state index contributed by atoms with van der Waals surface area (Å²) in [6.07, 6.45) is 1.88. The Bertz CT molecular complexity index is 744. The van der Waals surface area contributed by atoms with Crippen molar-refractivity contribution < 1.29 is 9.53 Å². The molecule has 4 rings (SSSR count). The largest absolute Gasteiger partial charge is 0.379 e. The molecule has 8 heteroatoms. The molecule has 144 valence electrons. The van der Waals surface area contributed by atoms with Gasteiger partial charge in [-0.1, -0.05) is 30.3 Å². The first-order chi connectivity index (χ1) is 13.3. The Kier molecular flexibility index (Phi) is 5.64. The number of nitrogens with one attached hydrogen (secondary N) is 2. The van der Waals surface area contributed by atoms with Gasteiger partial charge in [0.2, 0.25) is 0 Å². The van der Waals surface area contributed by atoms with E-state index in [-0.39, 0.29) is 12.1 Å². The Labute approximate surface area is 158 Å². The van der Waals surface area contributed by atoms with Crippen LogP contribution >= 0.6 is 0 Å². The molecule has 0 saturated carbocycles. The maximum atomic E-state index is 12.7.